The lowest BCUT2D eigenvalue weighted by Crippen LogP contribution is -2.02. The first kappa shape index (κ1) is 17.8. The third kappa shape index (κ3) is 6.01. The normalized spacial score (nSPS) is 13.0. The average Bonchev–Trinajstić information content (AvgIpc) is 2.53. The zero-order valence-electron chi connectivity index (χ0n) is 13.1. The van der Waals surface area contributed by atoms with Gasteiger partial charge in [-0.3, -0.25) is 0 Å². The van der Waals surface area contributed by atoms with Gasteiger partial charge >= 0.3 is 5.97 Å². The molecule has 0 heterocycles. The van der Waals surface area contributed by atoms with E-state index in [0.717, 1.165) is 5.75 Å². The van der Waals surface area contributed by atoms with Crippen molar-refractivity contribution < 1.29 is 24.1 Å². The standard InChI is InChI=1S/C17H22O5/c1-4-21-15(12-17(19)22-5-2)10-11-16(18)13-6-8-14(20-3)9-7-13/h6-12,16,18H,4-5H2,1-3H3/b11-10+,15-12-. The molecule has 1 N–H and O–H groups in total. The summed E-state index contributed by atoms with van der Waals surface area (Å²) < 4.78 is 15.2. The van der Waals surface area contributed by atoms with Gasteiger partial charge < -0.3 is 19.3 Å². The largest absolute Gasteiger partial charge is 0.497 e. The maximum Gasteiger partial charge on any atom is 0.334 e. The van der Waals surface area contributed by atoms with Crippen LogP contribution in [0, 0.1) is 0 Å². The SMILES string of the molecule is CCOC(=O)/C=C(/C=C/C(O)c1ccc(OC)cc1)OCC. The van der Waals surface area contributed by atoms with Crippen molar-refractivity contribution in [1.29, 1.82) is 0 Å². The van der Waals surface area contributed by atoms with Gasteiger partial charge in [0.2, 0.25) is 0 Å². The molecular weight excluding hydrogens is 284 g/mol. The summed E-state index contributed by atoms with van der Waals surface area (Å²) in [6.45, 7) is 4.25. The third-order valence-electron chi connectivity index (χ3n) is 2.76. The molecule has 0 saturated carbocycles. The Bertz CT molecular complexity index is 516. The summed E-state index contributed by atoms with van der Waals surface area (Å²) >= 11 is 0. The number of benzene rings is 1. The van der Waals surface area contributed by atoms with E-state index >= 15 is 0 Å². The molecule has 0 fully saturated rings. The Hall–Kier alpha value is -2.27. The second-order valence-electron chi connectivity index (χ2n) is 4.31. The van der Waals surface area contributed by atoms with Crippen molar-refractivity contribution in [2.45, 2.75) is 20.0 Å². The Morgan fingerprint density at radius 1 is 1.18 bits per heavy atom. The van der Waals surface area contributed by atoms with Crippen LogP contribution in [0.2, 0.25) is 0 Å². The molecule has 0 radical (unpaired) electrons. The highest BCUT2D eigenvalue weighted by atomic mass is 16.5. The van der Waals surface area contributed by atoms with Crippen LogP contribution < -0.4 is 4.74 Å². The van der Waals surface area contributed by atoms with Crippen LogP contribution in [0.5, 0.6) is 5.75 Å². The van der Waals surface area contributed by atoms with E-state index in [2.05, 4.69) is 0 Å². The Balaban J connectivity index is 2.77. The van der Waals surface area contributed by atoms with Crippen LogP contribution in [0.1, 0.15) is 25.5 Å². The average molecular weight is 306 g/mol. The van der Waals surface area contributed by atoms with Gasteiger partial charge in [-0.05, 0) is 43.7 Å². The van der Waals surface area contributed by atoms with E-state index in [1.165, 1.54) is 6.08 Å². The Morgan fingerprint density at radius 2 is 1.82 bits per heavy atom. The molecule has 0 aliphatic carbocycles. The van der Waals surface area contributed by atoms with E-state index in [4.69, 9.17) is 14.2 Å². The predicted octanol–water partition coefficient (Wildman–Crippen LogP) is 2.77. The number of hydrogen-bond acceptors (Lipinski definition) is 5. The molecule has 0 aromatic heterocycles. The summed E-state index contributed by atoms with van der Waals surface area (Å²) in [5.74, 6) is 0.584. The predicted molar refractivity (Wildman–Crippen MR) is 83.4 cm³/mol. The van der Waals surface area contributed by atoms with Gasteiger partial charge in [0.05, 0.1) is 32.5 Å². The molecule has 1 atom stereocenters. The maximum atomic E-state index is 11.4. The summed E-state index contributed by atoms with van der Waals surface area (Å²) in [7, 11) is 1.58. The van der Waals surface area contributed by atoms with Gasteiger partial charge in [-0.1, -0.05) is 12.1 Å². The van der Waals surface area contributed by atoms with Gasteiger partial charge in [-0.15, -0.1) is 0 Å². The van der Waals surface area contributed by atoms with Crippen molar-refractivity contribution >= 4 is 5.97 Å². The smallest absolute Gasteiger partial charge is 0.334 e. The number of ether oxygens (including phenoxy) is 3. The highest BCUT2D eigenvalue weighted by molar-refractivity contribution is 5.82. The molecule has 1 aromatic carbocycles. The highest BCUT2D eigenvalue weighted by Gasteiger charge is 2.05. The topological polar surface area (TPSA) is 65.0 Å². The quantitative estimate of drug-likeness (QED) is 0.346. The lowest BCUT2D eigenvalue weighted by atomic mass is 10.1. The van der Waals surface area contributed by atoms with E-state index in [1.54, 1.807) is 50.5 Å². The molecule has 22 heavy (non-hydrogen) atoms. The number of aliphatic hydroxyl groups excluding tert-OH is 1. The van der Waals surface area contributed by atoms with Crippen LogP contribution in [-0.2, 0) is 14.3 Å². The third-order valence-corrected chi connectivity index (χ3v) is 2.76. The number of carbonyl (C=O) groups is 1. The van der Waals surface area contributed by atoms with Gasteiger partial charge in [-0.2, -0.15) is 0 Å². The van der Waals surface area contributed by atoms with E-state index in [-0.39, 0.29) is 0 Å². The van der Waals surface area contributed by atoms with Crippen LogP contribution in [0.25, 0.3) is 0 Å². The number of allylic oxidation sites excluding steroid dienone is 1. The minimum absolute atomic E-state index is 0.299. The monoisotopic (exact) mass is 306 g/mol. The molecule has 0 spiro atoms. The first-order valence-corrected chi connectivity index (χ1v) is 7.12. The molecule has 5 nitrogen and oxygen atoms in total. The molecule has 0 amide bonds. The molecule has 0 bridgehead atoms. The molecule has 1 rings (SSSR count). The summed E-state index contributed by atoms with van der Waals surface area (Å²) in [5, 5.41) is 10.1. The maximum absolute atomic E-state index is 11.4. The van der Waals surface area contributed by atoms with Crippen LogP contribution >= 0.6 is 0 Å². The Kier molecular flexibility index (Phi) is 7.78. The Morgan fingerprint density at radius 3 is 2.36 bits per heavy atom. The van der Waals surface area contributed by atoms with E-state index in [0.29, 0.717) is 24.5 Å². The minimum atomic E-state index is -0.808. The van der Waals surface area contributed by atoms with E-state index < -0.39 is 12.1 Å². The highest BCUT2D eigenvalue weighted by Crippen LogP contribution is 2.19. The van der Waals surface area contributed by atoms with Gasteiger partial charge in [0.1, 0.15) is 11.5 Å². The molecule has 5 heteroatoms. The first-order valence-electron chi connectivity index (χ1n) is 7.12. The summed E-state index contributed by atoms with van der Waals surface area (Å²) in [6, 6.07) is 7.07. The number of aliphatic hydroxyl groups is 1. The molecular formula is C17H22O5. The second kappa shape index (κ2) is 9.63. The van der Waals surface area contributed by atoms with Crippen molar-refractivity contribution in [2.75, 3.05) is 20.3 Å². The van der Waals surface area contributed by atoms with E-state index in [1.807, 2.05) is 6.92 Å². The number of carbonyl (C=O) groups excluding carboxylic acids is 1. The van der Waals surface area contributed by atoms with Crippen LogP contribution in [0.4, 0.5) is 0 Å². The van der Waals surface area contributed by atoms with E-state index in [9.17, 15) is 9.90 Å². The fourth-order valence-electron chi connectivity index (χ4n) is 1.70. The summed E-state index contributed by atoms with van der Waals surface area (Å²) in [4.78, 5) is 11.4. The van der Waals surface area contributed by atoms with Gasteiger partial charge in [0, 0.05) is 0 Å². The van der Waals surface area contributed by atoms with Crippen LogP contribution in [0.15, 0.2) is 48.3 Å². The number of esters is 1. The molecule has 1 aromatic rings. The fraction of sp³-hybridized carbons (Fsp3) is 0.353. The number of methoxy groups -OCH3 is 1. The van der Waals surface area contributed by atoms with Crippen LogP contribution in [-0.4, -0.2) is 31.4 Å². The van der Waals surface area contributed by atoms with Crippen molar-refractivity contribution in [2.24, 2.45) is 0 Å². The van der Waals surface area contributed by atoms with Crippen molar-refractivity contribution in [3.05, 3.63) is 53.8 Å². The fourth-order valence-corrected chi connectivity index (χ4v) is 1.70. The van der Waals surface area contributed by atoms with Crippen LogP contribution in [0.3, 0.4) is 0 Å². The first-order chi connectivity index (χ1) is 10.6. The summed E-state index contributed by atoms with van der Waals surface area (Å²) in [6.07, 6.45) is 3.54. The Labute approximate surface area is 130 Å². The molecule has 0 aliphatic rings. The molecule has 120 valence electrons. The number of hydrogen-bond donors (Lipinski definition) is 1. The molecule has 1 unspecified atom stereocenters. The van der Waals surface area contributed by atoms with Gasteiger partial charge in [0.15, 0.2) is 0 Å². The summed E-state index contributed by atoms with van der Waals surface area (Å²) in [5.41, 5.74) is 0.712. The lowest BCUT2D eigenvalue weighted by Gasteiger charge is -2.08. The van der Waals surface area contributed by atoms with Crippen molar-refractivity contribution in [1.82, 2.24) is 0 Å². The number of rotatable bonds is 8. The molecule has 0 aliphatic heterocycles. The lowest BCUT2D eigenvalue weighted by molar-refractivity contribution is -0.137. The van der Waals surface area contributed by atoms with Gasteiger partial charge in [0.25, 0.3) is 0 Å². The van der Waals surface area contributed by atoms with Gasteiger partial charge in [-0.25, -0.2) is 4.79 Å². The zero-order chi connectivity index (χ0) is 16.4. The zero-order valence-corrected chi connectivity index (χ0v) is 13.1. The second-order valence-corrected chi connectivity index (χ2v) is 4.31. The van der Waals surface area contributed by atoms with Crippen molar-refractivity contribution in [3.63, 3.8) is 0 Å². The minimum Gasteiger partial charge on any atom is -0.497 e. The van der Waals surface area contributed by atoms with Crippen molar-refractivity contribution in [3.8, 4) is 5.75 Å². The molecule has 0 saturated heterocycles.